The summed E-state index contributed by atoms with van der Waals surface area (Å²) in [4.78, 5) is 9.74. The summed E-state index contributed by atoms with van der Waals surface area (Å²) in [5.41, 5.74) is 1.66. The summed E-state index contributed by atoms with van der Waals surface area (Å²) in [7, 11) is 0. The fourth-order valence-corrected chi connectivity index (χ4v) is 3.99. The average Bonchev–Trinajstić information content (AvgIpc) is 3.14. The Morgan fingerprint density at radius 1 is 1.11 bits per heavy atom. The number of alkyl halides is 2. The van der Waals surface area contributed by atoms with Crippen molar-refractivity contribution < 1.29 is 18.6 Å². The molecule has 2 heterocycles. The molecule has 0 saturated carbocycles. The van der Waals surface area contributed by atoms with E-state index < -0.39 is 6.61 Å². The second-order valence-corrected chi connectivity index (χ2v) is 7.17. The van der Waals surface area contributed by atoms with Crippen LogP contribution in [0.4, 0.5) is 8.78 Å². The molecule has 3 aromatic rings. The Morgan fingerprint density at radius 3 is 2.70 bits per heavy atom. The number of benzene rings is 1. The number of aromatic nitrogens is 2. The van der Waals surface area contributed by atoms with E-state index >= 15 is 0 Å². The minimum absolute atomic E-state index is 0.122. The lowest BCUT2D eigenvalue weighted by atomic mass is 9.92. The Labute approximate surface area is 160 Å². The standard InChI is InChI=1S/C20H20F2N2O2S/c21-20(22)26-18-8-2-1-7-16(18)17(11-14-5-3-9-23-12-14)19-24-13-15(27-19)6-4-10-25/h1-3,5,7-9,12-13,17,20,25H,4,6,10-11H2. The molecule has 1 N–H and O–H groups in total. The molecule has 27 heavy (non-hydrogen) atoms. The monoisotopic (exact) mass is 390 g/mol. The highest BCUT2D eigenvalue weighted by Crippen LogP contribution is 2.37. The van der Waals surface area contributed by atoms with E-state index in [0.717, 1.165) is 21.9 Å². The smallest absolute Gasteiger partial charge is 0.387 e. The number of aryl methyl sites for hydroxylation is 1. The first-order valence-corrected chi connectivity index (χ1v) is 9.47. The van der Waals surface area contributed by atoms with Crippen molar-refractivity contribution in [3.8, 4) is 5.75 Å². The Morgan fingerprint density at radius 2 is 1.96 bits per heavy atom. The maximum atomic E-state index is 12.9. The fourth-order valence-electron chi connectivity index (χ4n) is 2.91. The van der Waals surface area contributed by atoms with Crippen molar-refractivity contribution in [2.45, 2.75) is 31.8 Å². The van der Waals surface area contributed by atoms with E-state index in [1.54, 1.807) is 36.8 Å². The third-order valence-corrected chi connectivity index (χ3v) is 5.29. The first kappa shape index (κ1) is 19.4. The molecule has 1 atom stereocenters. The van der Waals surface area contributed by atoms with Crippen molar-refractivity contribution in [3.05, 3.63) is 76.0 Å². The molecule has 0 bridgehead atoms. The Hall–Kier alpha value is -2.38. The number of halogens is 2. The van der Waals surface area contributed by atoms with Crippen molar-refractivity contribution in [2.24, 2.45) is 0 Å². The Bertz CT molecular complexity index is 843. The minimum Gasteiger partial charge on any atom is -0.435 e. The highest BCUT2D eigenvalue weighted by molar-refractivity contribution is 7.11. The zero-order valence-corrected chi connectivity index (χ0v) is 15.4. The van der Waals surface area contributed by atoms with E-state index in [1.165, 1.54) is 11.3 Å². The zero-order valence-electron chi connectivity index (χ0n) is 14.6. The Kier molecular flexibility index (Phi) is 6.84. The average molecular weight is 390 g/mol. The predicted octanol–water partition coefficient (Wildman–Crippen LogP) is 4.44. The molecule has 1 aromatic carbocycles. The summed E-state index contributed by atoms with van der Waals surface area (Å²) in [6.07, 6.45) is 7.24. The van der Waals surface area contributed by atoms with Crippen LogP contribution in [0.2, 0.25) is 0 Å². The third kappa shape index (κ3) is 5.30. The van der Waals surface area contributed by atoms with Crippen LogP contribution in [0.5, 0.6) is 5.75 Å². The lowest BCUT2D eigenvalue weighted by Crippen LogP contribution is -2.10. The van der Waals surface area contributed by atoms with E-state index in [9.17, 15) is 8.78 Å². The molecule has 142 valence electrons. The topological polar surface area (TPSA) is 55.2 Å². The molecule has 0 aliphatic rings. The number of hydrogen-bond donors (Lipinski definition) is 1. The van der Waals surface area contributed by atoms with Gasteiger partial charge in [0.15, 0.2) is 0 Å². The second-order valence-electron chi connectivity index (χ2n) is 6.03. The van der Waals surface area contributed by atoms with Crippen LogP contribution in [-0.2, 0) is 12.8 Å². The van der Waals surface area contributed by atoms with Crippen LogP contribution in [0.15, 0.2) is 55.0 Å². The van der Waals surface area contributed by atoms with Gasteiger partial charge in [-0.15, -0.1) is 11.3 Å². The highest BCUT2D eigenvalue weighted by atomic mass is 32.1. The molecule has 0 radical (unpaired) electrons. The number of ether oxygens (including phenoxy) is 1. The van der Waals surface area contributed by atoms with Gasteiger partial charge in [-0.1, -0.05) is 24.3 Å². The van der Waals surface area contributed by atoms with Crippen molar-refractivity contribution >= 4 is 11.3 Å². The van der Waals surface area contributed by atoms with Gasteiger partial charge in [0.2, 0.25) is 0 Å². The number of nitrogens with zero attached hydrogens (tertiary/aromatic N) is 2. The van der Waals surface area contributed by atoms with Crippen molar-refractivity contribution in [1.82, 2.24) is 9.97 Å². The number of para-hydroxylation sites is 1. The lowest BCUT2D eigenvalue weighted by molar-refractivity contribution is -0.0505. The van der Waals surface area contributed by atoms with Gasteiger partial charge in [-0.05, 0) is 37.0 Å². The van der Waals surface area contributed by atoms with Gasteiger partial charge in [0.1, 0.15) is 10.8 Å². The zero-order chi connectivity index (χ0) is 19.1. The molecule has 0 aliphatic heterocycles. The van der Waals surface area contributed by atoms with E-state index in [1.807, 2.05) is 18.2 Å². The maximum Gasteiger partial charge on any atom is 0.387 e. The highest BCUT2D eigenvalue weighted by Gasteiger charge is 2.23. The van der Waals surface area contributed by atoms with Crippen molar-refractivity contribution in [2.75, 3.05) is 6.61 Å². The van der Waals surface area contributed by atoms with Crippen LogP contribution in [0.3, 0.4) is 0 Å². The van der Waals surface area contributed by atoms with E-state index in [-0.39, 0.29) is 18.3 Å². The molecule has 0 aliphatic carbocycles. The number of thiazole rings is 1. The van der Waals surface area contributed by atoms with Crippen LogP contribution in [0, 0.1) is 0 Å². The SMILES string of the molecule is OCCCc1cnc(C(Cc2cccnc2)c2ccccc2OC(F)F)s1. The van der Waals surface area contributed by atoms with E-state index in [0.29, 0.717) is 18.4 Å². The number of aliphatic hydroxyl groups excluding tert-OH is 1. The van der Waals surface area contributed by atoms with Crippen LogP contribution in [-0.4, -0.2) is 28.3 Å². The number of pyridine rings is 1. The first-order chi connectivity index (χ1) is 13.2. The van der Waals surface area contributed by atoms with Crippen LogP contribution in [0.25, 0.3) is 0 Å². The largest absolute Gasteiger partial charge is 0.435 e. The number of aliphatic hydroxyl groups is 1. The quantitative estimate of drug-likeness (QED) is 0.587. The van der Waals surface area contributed by atoms with Gasteiger partial charge in [-0.25, -0.2) is 4.98 Å². The summed E-state index contributed by atoms with van der Waals surface area (Å²) in [6.45, 7) is -2.76. The number of rotatable bonds is 9. The summed E-state index contributed by atoms with van der Waals surface area (Å²) in [5, 5.41) is 9.86. The summed E-state index contributed by atoms with van der Waals surface area (Å²) in [5.74, 6) is -0.0643. The van der Waals surface area contributed by atoms with Crippen LogP contribution >= 0.6 is 11.3 Å². The van der Waals surface area contributed by atoms with Gasteiger partial charge in [-0.3, -0.25) is 4.98 Å². The molecule has 0 saturated heterocycles. The Balaban J connectivity index is 1.96. The third-order valence-electron chi connectivity index (χ3n) is 4.12. The molecular formula is C20H20F2N2O2S. The predicted molar refractivity (Wildman–Crippen MR) is 100 cm³/mol. The maximum absolute atomic E-state index is 12.9. The fraction of sp³-hybridized carbons (Fsp3) is 0.300. The molecule has 7 heteroatoms. The first-order valence-electron chi connectivity index (χ1n) is 8.65. The van der Waals surface area contributed by atoms with E-state index in [2.05, 4.69) is 9.97 Å². The molecule has 1 unspecified atom stereocenters. The molecule has 0 fully saturated rings. The number of hydrogen-bond acceptors (Lipinski definition) is 5. The van der Waals surface area contributed by atoms with Gasteiger partial charge in [0.05, 0.1) is 0 Å². The van der Waals surface area contributed by atoms with Gasteiger partial charge in [0.25, 0.3) is 0 Å². The van der Waals surface area contributed by atoms with Crippen LogP contribution < -0.4 is 4.74 Å². The minimum atomic E-state index is -2.89. The van der Waals surface area contributed by atoms with Gasteiger partial charge in [-0.2, -0.15) is 8.78 Å². The molecule has 2 aromatic heterocycles. The second kappa shape index (κ2) is 9.53. The van der Waals surface area contributed by atoms with Crippen molar-refractivity contribution in [1.29, 1.82) is 0 Å². The van der Waals surface area contributed by atoms with Gasteiger partial charge in [0, 0.05) is 41.6 Å². The molecule has 0 amide bonds. The summed E-state index contributed by atoms with van der Waals surface area (Å²) < 4.78 is 30.5. The van der Waals surface area contributed by atoms with Gasteiger partial charge < -0.3 is 9.84 Å². The lowest BCUT2D eigenvalue weighted by Gasteiger charge is -2.19. The van der Waals surface area contributed by atoms with Crippen molar-refractivity contribution in [3.63, 3.8) is 0 Å². The molecule has 3 rings (SSSR count). The molecule has 4 nitrogen and oxygen atoms in total. The normalized spacial score (nSPS) is 12.3. The summed E-state index contributed by atoms with van der Waals surface area (Å²) in [6, 6.07) is 10.6. The van der Waals surface area contributed by atoms with Gasteiger partial charge >= 0.3 is 6.61 Å². The summed E-state index contributed by atoms with van der Waals surface area (Å²) >= 11 is 1.54. The molecule has 0 spiro atoms. The van der Waals surface area contributed by atoms with E-state index in [4.69, 9.17) is 9.84 Å². The van der Waals surface area contributed by atoms with Crippen LogP contribution in [0.1, 0.15) is 33.4 Å². The molecular weight excluding hydrogens is 370 g/mol.